The van der Waals surface area contributed by atoms with Crippen molar-refractivity contribution in [3.8, 4) is 22.8 Å². The Hall–Kier alpha value is -3.59. The Morgan fingerprint density at radius 2 is 1.82 bits per heavy atom. The number of nitrogens with zero attached hydrogens (tertiary/aromatic N) is 5. The van der Waals surface area contributed by atoms with Crippen LogP contribution in [0.3, 0.4) is 0 Å². The van der Waals surface area contributed by atoms with E-state index in [2.05, 4.69) is 20.6 Å². The van der Waals surface area contributed by atoms with E-state index in [0.29, 0.717) is 16.8 Å². The standard InChI is InChI=1S/C24H26N6O2S/c1-16(2)30-21(13-14-25-30)26-23(31)17(3)33-24-28-27-22(18-9-8-12-20(15-18)32-4)29(24)19-10-6-5-7-11-19/h5-17H,1-4H3,(H,26,31). The summed E-state index contributed by atoms with van der Waals surface area (Å²) in [6, 6.07) is 19.5. The number of hydrogen-bond donors (Lipinski definition) is 1. The summed E-state index contributed by atoms with van der Waals surface area (Å²) in [7, 11) is 1.63. The van der Waals surface area contributed by atoms with E-state index in [4.69, 9.17) is 4.74 Å². The van der Waals surface area contributed by atoms with Crippen molar-refractivity contribution in [3.63, 3.8) is 0 Å². The zero-order valence-corrected chi connectivity index (χ0v) is 19.8. The zero-order chi connectivity index (χ0) is 23.4. The summed E-state index contributed by atoms with van der Waals surface area (Å²) in [4.78, 5) is 13.0. The third kappa shape index (κ3) is 4.93. The number of rotatable bonds is 8. The summed E-state index contributed by atoms with van der Waals surface area (Å²) in [5, 5.41) is 16.3. The molecule has 9 heteroatoms. The lowest BCUT2D eigenvalue weighted by molar-refractivity contribution is -0.115. The number of carbonyl (C=O) groups is 1. The highest BCUT2D eigenvalue weighted by molar-refractivity contribution is 8.00. The first-order chi connectivity index (χ1) is 16.0. The molecule has 2 heterocycles. The molecule has 0 aliphatic carbocycles. The van der Waals surface area contributed by atoms with Crippen molar-refractivity contribution in [1.29, 1.82) is 0 Å². The molecule has 1 atom stereocenters. The molecule has 1 unspecified atom stereocenters. The van der Waals surface area contributed by atoms with Gasteiger partial charge < -0.3 is 10.1 Å². The maximum Gasteiger partial charge on any atom is 0.238 e. The summed E-state index contributed by atoms with van der Waals surface area (Å²) in [6.07, 6.45) is 1.68. The van der Waals surface area contributed by atoms with Gasteiger partial charge in [0.2, 0.25) is 5.91 Å². The van der Waals surface area contributed by atoms with Crippen LogP contribution >= 0.6 is 11.8 Å². The maximum absolute atomic E-state index is 13.0. The smallest absolute Gasteiger partial charge is 0.238 e. The third-order valence-corrected chi connectivity index (χ3v) is 6.08. The number of hydrogen-bond acceptors (Lipinski definition) is 6. The van der Waals surface area contributed by atoms with Crippen molar-refractivity contribution in [3.05, 3.63) is 66.9 Å². The van der Waals surface area contributed by atoms with E-state index < -0.39 is 5.25 Å². The van der Waals surface area contributed by atoms with Gasteiger partial charge >= 0.3 is 0 Å². The van der Waals surface area contributed by atoms with Crippen LogP contribution in [0, 0.1) is 0 Å². The summed E-state index contributed by atoms with van der Waals surface area (Å²) in [5.41, 5.74) is 1.78. The number of aromatic nitrogens is 5. The molecule has 2 aromatic carbocycles. The molecule has 0 radical (unpaired) electrons. The van der Waals surface area contributed by atoms with E-state index in [1.54, 1.807) is 24.1 Å². The highest BCUT2D eigenvalue weighted by Gasteiger charge is 2.23. The van der Waals surface area contributed by atoms with Gasteiger partial charge in [0.25, 0.3) is 0 Å². The SMILES string of the molecule is COc1cccc(-c2nnc(SC(C)C(=O)Nc3ccnn3C(C)C)n2-c2ccccc2)c1. The second-order valence-electron chi connectivity index (χ2n) is 7.71. The summed E-state index contributed by atoms with van der Waals surface area (Å²) in [5.74, 6) is 1.95. The van der Waals surface area contributed by atoms with Gasteiger partial charge in [-0.3, -0.25) is 9.36 Å². The number of para-hydroxylation sites is 1. The van der Waals surface area contributed by atoms with Crippen molar-refractivity contribution >= 4 is 23.5 Å². The molecular formula is C24H26N6O2S. The molecule has 4 rings (SSSR count). The van der Waals surface area contributed by atoms with E-state index in [-0.39, 0.29) is 11.9 Å². The number of thioether (sulfide) groups is 1. The summed E-state index contributed by atoms with van der Waals surface area (Å²) < 4.78 is 9.12. The molecule has 33 heavy (non-hydrogen) atoms. The molecule has 1 N–H and O–H groups in total. The van der Waals surface area contributed by atoms with Crippen LogP contribution in [0.25, 0.3) is 17.1 Å². The summed E-state index contributed by atoms with van der Waals surface area (Å²) in [6.45, 7) is 5.89. The molecule has 0 spiro atoms. The highest BCUT2D eigenvalue weighted by Crippen LogP contribution is 2.31. The fourth-order valence-corrected chi connectivity index (χ4v) is 4.24. The summed E-state index contributed by atoms with van der Waals surface area (Å²) >= 11 is 1.35. The minimum atomic E-state index is -0.412. The van der Waals surface area contributed by atoms with Crippen LogP contribution in [0.15, 0.2) is 72.0 Å². The average Bonchev–Trinajstić information content (AvgIpc) is 3.47. The highest BCUT2D eigenvalue weighted by atomic mass is 32.2. The molecular weight excluding hydrogens is 436 g/mol. The van der Waals surface area contributed by atoms with E-state index in [1.165, 1.54) is 11.8 Å². The average molecular weight is 463 g/mol. The first-order valence-electron chi connectivity index (χ1n) is 10.6. The minimum Gasteiger partial charge on any atom is -0.497 e. The number of anilines is 1. The molecule has 0 fully saturated rings. The Bertz CT molecular complexity index is 1230. The Labute approximate surface area is 197 Å². The maximum atomic E-state index is 13.0. The molecule has 0 bridgehead atoms. The molecule has 0 saturated carbocycles. The molecule has 170 valence electrons. The van der Waals surface area contributed by atoms with Crippen LogP contribution in [0.5, 0.6) is 5.75 Å². The predicted octanol–water partition coefficient (Wildman–Crippen LogP) is 4.84. The zero-order valence-electron chi connectivity index (χ0n) is 19.0. The normalized spacial score (nSPS) is 12.0. The van der Waals surface area contributed by atoms with Gasteiger partial charge in [-0.1, -0.05) is 42.1 Å². The lowest BCUT2D eigenvalue weighted by atomic mass is 10.2. The van der Waals surface area contributed by atoms with Crippen molar-refractivity contribution in [1.82, 2.24) is 24.5 Å². The largest absolute Gasteiger partial charge is 0.497 e. The van der Waals surface area contributed by atoms with Gasteiger partial charge in [0.05, 0.1) is 18.6 Å². The second-order valence-corrected chi connectivity index (χ2v) is 9.02. The Kier molecular flexibility index (Phi) is 6.79. The molecule has 4 aromatic rings. The third-order valence-electron chi connectivity index (χ3n) is 5.04. The van der Waals surface area contributed by atoms with Crippen LogP contribution in [0.1, 0.15) is 26.8 Å². The van der Waals surface area contributed by atoms with Gasteiger partial charge in [0.15, 0.2) is 11.0 Å². The van der Waals surface area contributed by atoms with E-state index in [1.807, 2.05) is 79.9 Å². The first-order valence-corrected chi connectivity index (χ1v) is 11.5. The fourth-order valence-electron chi connectivity index (χ4n) is 3.37. The van der Waals surface area contributed by atoms with Gasteiger partial charge in [0.1, 0.15) is 11.6 Å². The first kappa shape index (κ1) is 22.6. The quantitative estimate of drug-likeness (QED) is 0.377. The van der Waals surface area contributed by atoms with Gasteiger partial charge in [-0.15, -0.1) is 10.2 Å². The van der Waals surface area contributed by atoms with Gasteiger partial charge in [-0.25, -0.2) is 4.68 Å². The van der Waals surface area contributed by atoms with Crippen LogP contribution in [0.2, 0.25) is 0 Å². The second kappa shape index (κ2) is 9.91. The number of nitrogens with one attached hydrogen (secondary N) is 1. The Balaban J connectivity index is 1.64. The Morgan fingerprint density at radius 1 is 1.03 bits per heavy atom. The van der Waals surface area contributed by atoms with Crippen LogP contribution in [-0.2, 0) is 4.79 Å². The minimum absolute atomic E-state index is 0.132. The van der Waals surface area contributed by atoms with Gasteiger partial charge in [-0.05, 0) is 45.0 Å². The number of methoxy groups -OCH3 is 1. The van der Waals surface area contributed by atoms with Crippen molar-refractivity contribution in [2.24, 2.45) is 0 Å². The van der Waals surface area contributed by atoms with Crippen LogP contribution in [0.4, 0.5) is 5.82 Å². The molecule has 1 amide bonds. The van der Waals surface area contributed by atoms with Crippen LogP contribution in [-0.4, -0.2) is 42.8 Å². The molecule has 8 nitrogen and oxygen atoms in total. The van der Waals surface area contributed by atoms with Crippen molar-refractivity contribution < 1.29 is 9.53 Å². The van der Waals surface area contributed by atoms with Crippen molar-refractivity contribution in [2.75, 3.05) is 12.4 Å². The fraction of sp³-hybridized carbons (Fsp3) is 0.250. The molecule has 0 aliphatic heterocycles. The monoisotopic (exact) mass is 462 g/mol. The van der Waals surface area contributed by atoms with Crippen LogP contribution < -0.4 is 10.1 Å². The van der Waals surface area contributed by atoms with E-state index >= 15 is 0 Å². The molecule has 2 aromatic heterocycles. The topological polar surface area (TPSA) is 86.9 Å². The number of ether oxygens (including phenoxy) is 1. The predicted molar refractivity (Wildman–Crippen MR) is 130 cm³/mol. The Morgan fingerprint density at radius 3 is 2.55 bits per heavy atom. The van der Waals surface area contributed by atoms with Crippen molar-refractivity contribution in [2.45, 2.75) is 37.2 Å². The van der Waals surface area contributed by atoms with Gasteiger partial charge in [-0.2, -0.15) is 5.10 Å². The lowest BCUT2D eigenvalue weighted by Crippen LogP contribution is -2.25. The van der Waals surface area contributed by atoms with Gasteiger partial charge in [0, 0.05) is 23.4 Å². The number of amides is 1. The number of benzene rings is 2. The molecule has 0 aliphatic rings. The molecule has 0 saturated heterocycles. The van der Waals surface area contributed by atoms with E-state index in [0.717, 1.165) is 17.0 Å². The number of carbonyl (C=O) groups excluding carboxylic acids is 1. The lowest BCUT2D eigenvalue weighted by Gasteiger charge is -2.16. The van der Waals surface area contributed by atoms with E-state index in [9.17, 15) is 4.79 Å².